The maximum Gasteiger partial charge on any atom is 0.326 e. The number of imide groups is 1. The van der Waals surface area contributed by atoms with Gasteiger partial charge in [-0.2, -0.15) is 0 Å². The molecule has 0 aromatic rings. The fraction of sp³-hybridized carbons (Fsp3) is 0.727. The maximum absolute atomic E-state index is 11.6. The van der Waals surface area contributed by atoms with E-state index in [4.69, 9.17) is 10.8 Å². The van der Waals surface area contributed by atoms with E-state index in [1.165, 1.54) is 0 Å². The number of nitrogens with zero attached hydrogens (tertiary/aromatic N) is 1. The van der Waals surface area contributed by atoms with Crippen LogP contribution in [0, 0.1) is 0 Å². The standard InChI is InChI=1S/C11H20N2O4/c1-3-9(14)13(10(15)4-2)8(11(16)17)6-5-7-12/h8H,3-7,12H2,1-2H3,(H,16,17)/t8-/m1/s1. The molecule has 3 N–H and O–H groups in total. The monoisotopic (exact) mass is 244 g/mol. The predicted octanol–water partition coefficient (Wildman–Crippen LogP) is 0.354. The molecule has 0 aliphatic heterocycles. The third kappa shape index (κ3) is 4.52. The first-order valence-electron chi connectivity index (χ1n) is 5.77. The minimum atomic E-state index is -1.16. The summed E-state index contributed by atoms with van der Waals surface area (Å²) in [5.41, 5.74) is 5.31. The Kier molecular flexibility index (Phi) is 7.13. The second kappa shape index (κ2) is 7.78. The Bertz CT molecular complexity index is 275. The van der Waals surface area contributed by atoms with E-state index in [9.17, 15) is 14.4 Å². The molecule has 2 amide bonds. The van der Waals surface area contributed by atoms with Crippen molar-refractivity contribution in [2.75, 3.05) is 6.54 Å². The zero-order valence-electron chi connectivity index (χ0n) is 10.3. The van der Waals surface area contributed by atoms with Gasteiger partial charge in [0, 0.05) is 12.8 Å². The molecule has 17 heavy (non-hydrogen) atoms. The molecule has 0 saturated heterocycles. The smallest absolute Gasteiger partial charge is 0.326 e. The third-order valence-corrected chi connectivity index (χ3v) is 2.42. The Balaban J connectivity index is 4.99. The molecular weight excluding hydrogens is 224 g/mol. The summed E-state index contributed by atoms with van der Waals surface area (Å²) in [6.07, 6.45) is 0.876. The number of nitrogens with two attached hydrogens (primary N) is 1. The van der Waals surface area contributed by atoms with E-state index in [2.05, 4.69) is 0 Å². The lowest BCUT2D eigenvalue weighted by molar-refractivity contribution is -0.158. The van der Waals surface area contributed by atoms with Crippen molar-refractivity contribution in [3.05, 3.63) is 0 Å². The van der Waals surface area contributed by atoms with Gasteiger partial charge in [0.15, 0.2) is 0 Å². The number of carbonyl (C=O) groups is 3. The van der Waals surface area contributed by atoms with Crippen LogP contribution < -0.4 is 5.73 Å². The molecule has 6 heteroatoms. The number of carboxylic acids is 1. The lowest BCUT2D eigenvalue weighted by atomic mass is 10.1. The minimum absolute atomic E-state index is 0.109. The number of hydrogen-bond donors (Lipinski definition) is 2. The summed E-state index contributed by atoms with van der Waals surface area (Å²) < 4.78 is 0. The van der Waals surface area contributed by atoms with E-state index < -0.39 is 23.8 Å². The van der Waals surface area contributed by atoms with E-state index >= 15 is 0 Å². The molecular formula is C11H20N2O4. The van der Waals surface area contributed by atoms with Crippen molar-refractivity contribution in [3.63, 3.8) is 0 Å². The summed E-state index contributed by atoms with van der Waals surface area (Å²) in [7, 11) is 0. The number of carboxylic acid groups (broad SMARTS) is 1. The molecule has 98 valence electrons. The van der Waals surface area contributed by atoms with Gasteiger partial charge in [0.2, 0.25) is 11.8 Å². The van der Waals surface area contributed by atoms with Gasteiger partial charge in [-0.15, -0.1) is 0 Å². The zero-order chi connectivity index (χ0) is 13.4. The minimum Gasteiger partial charge on any atom is -0.480 e. The van der Waals surface area contributed by atoms with Gasteiger partial charge in [0.05, 0.1) is 0 Å². The van der Waals surface area contributed by atoms with Crippen LogP contribution in [0.3, 0.4) is 0 Å². The quantitative estimate of drug-likeness (QED) is 0.673. The molecule has 0 fully saturated rings. The normalized spacial score (nSPS) is 11.9. The molecule has 0 aromatic heterocycles. The average Bonchev–Trinajstić information content (AvgIpc) is 2.32. The highest BCUT2D eigenvalue weighted by Gasteiger charge is 2.32. The van der Waals surface area contributed by atoms with E-state index in [1.54, 1.807) is 13.8 Å². The van der Waals surface area contributed by atoms with Gasteiger partial charge in [-0.05, 0) is 19.4 Å². The number of hydrogen-bond acceptors (Lipinski definition) is 4. The van der Waals surface area contributed by atoms with Crippen LogP contribution >= 0.6 is 0 Å². The lowest BCUT2D eigenvalue weighted by Crippen LogP contribution is -2.48. The molecule has 0 aliphatic carbocycles. The first kappa shape index (κ1) is 15.6. The van der Waals surface area contributed by atoms with Crippen LogP contribution in [-0.2, 0) is 14.4 Å². The van der Waals surface area contributed by atoms with Gasteiger partial charge in [0.1, 0.15) is 6.04 Å². The molecule has 0 aromatic carbocycles. The van der Waals surface area contributed by atoms with Crippen LogP contribution in [0.25, 0.3) is 0 Å². The predicted molar refractivity (Wildman–Crippen MR) is 62.1 cm³/mol. The first-order valence-corrected chi connectivity index (χ1v) is 5.77. The van der Waals surface area contributed by atoms with Crippen LogP contribution in [0.2, 0.25) is 0 Å². The van der Waals surface area contributed by atoms with Gasteiger partial charge in [-0.25, -0.2) is 4.79 Å². The Morgan fingerprint density at radius 1 is 1.18 bits per heavy atom. The van der Waals surface area contributed by atoms with Crippen molar-refractivity contribution >= 4 is 17.8 Å². The maximum atomic E-state index is 11.6. The van der Waals surface area contributed by atoms with Crippen LogP contribution in [0.4, 0.5) is 0 Å². The molecule has 0 bridgehead atoms. The molecule has 1 atom stereocenters. The molecule has 0 radical (unpaired) electrons. The third-order valence-electron chi connectivity index (χ3n) is 2.42. The molecule has 0 spiro atoms. The van der Waals surface area contributed by atoms with Crippen LogP contribution in [0.1, 0.15) is 39.5 Å². The first-order chi connectivity index (χ1) is 7.99. The Morgan fingerprint density at radius 3 is 1.94 bits per heavy atom. The second-order valence-corrected chi connectivity index (χ2v) is 3.65. The van der Waals surface area contributed by atoms with Gasteiger partial charge < -0.3 is 10.8 Å². The lowest BCUT2D eigenvalue weighted by Gasteiger charge is -2.26. The van der Waals surface area contributed by atoms with Gasteiger partial charge in [-0.3, -0.25) is 14.5 Å². The van der Waals surface area contributed by atoms with Crippen LogP contribution in [0.5, 0.6) is 0 Å². The van der Waals surface area contributed by atoms with E-state index in [0.29, 0.717) is 13.0 Å². The molecule has 0 saturated carbocycles. The summed E-state index contributed by atoms with van der Waals surface area (Å²) in [5, 5.41) is 9.07. The second-order valence-electron chi connectivity index (χ2n) is 3.65. The summed E-state index contributed by atoms with van der Waals surface area (Å²) in [6, 6.07) is -1.10. The number of aliphatic carboxylic acids is 1. The Morgan fingerprint density at radius 2 is 1.65 bits per heavy atom. The van der Waals surface area contributed by atoms with E-state index in [1.807, 2.05) is 0 Å². The molecule has 0 aliphatic rings. The fourth-order valence-electron chi connectivity index (χ4n) is 1.50. The van der Waals surface area contributed by atoms with Gasteiger partial charge in [0.25, 0.3) is 0 Å². The summed E-state index contributed by atoms with van der Waals surface area (Å²) in [5.74, 6) is -2.08. The van der Waals surface area contributed by atoms with Crippen molar-refractivity contribution < 1.29 is 19.5 Å². The number of amides is 2. The van der Waals surface area contributed by atoms with E-state index in [0.717, 1.165) is 4.90 Å². The topological polar surface area (TPSA) is 101 Å². The van der Waals surface area contributed by atoms with Gasteiger partial charge >= 0.3 is 5.97 Å². The highest BCUT2D eigenvalue weighted by Crippen LogP contribution is 2.11. The van der Waals surface area contributed by atoms with Crippen LogP contribution in [-0.4, -0.2) is 40.4 Å². The van der Waals surface area contributed by atoms with Crippen molar-refractivity contribution in [3.8, 4) is 0 Å². The SMILES string of the molecule is CCC(=O)N(C(=O)CC)[C@H](CCCN)C(=O)O. The van der Waals surface area contributed by atoms with Crippen molar-refractivity contribution in [1.82, 2.24) is 4.90 Å². The highest BCUT2D eigenvalue weighted by atomic mass is 16.4. The highest BCUT2D eigenvalue weighted by molar-refractivity contribution is 5.99. The molecule has 0 heterocycles. The molecule has 0 rings (SSSR count). The Labute approximate surface area is 101 Å². The molecule has 0 unspecified atom stereocenters. The Hall–Kier alpha value is -1.43. The van der Waals surface area contributed by atoms with Crippen molar-refractivity contribution in [2.45, 2.75) is 45.6 Å². The number of rotatable bonds is 7. The summed E-state index contributed by atoms with van der Waals surface area (Å²) >= 11 is 0. The number of carbonyl (C=O) groups excluding carboxylic acids is 2. The fourth-order valence-corrected chi connectivity index (χ4v) is 1.50. The van der Waals surface area contributed by atoms with Crippen LogP contribution in [0.15, 0.2) is 0 Å². The average molecular weight is 244 g/mol. The van der Waals surface area contributed by atoms with Gasteiger partial charge in [-0.1, -0.05) is 13.8 Å². The van der Waals surface area contributed by atoms with Crippen molar-refractivity contribution in [2.24, 2.45) is 5.73 Å². The summed E-state index contributed by atoms with van der Waals surface area (Å²) in [6.45, 7) is 3.53. The zero-order valence-corrected chi connectivity index (χ0v) is 10.3. The largest absolute Gasteiger partial charge is 0.480 e. The molecule has 6 nitrogen and oxygen atoms in total. The summed E-state index contributed by atoms with van der Waals surface area (Å²) in [4.78, 5) is 35.2. The van der Waals surface area contributed by atoms with Crippen molar-refractivity contribution in [1.29, 1.82) is 0 Å². The van der Waals surface area contributed by atoms with E-state index in [-0.39, 0.29) is 19.3 Å².